The molecule has 6 heteroatoms. The van der Waals surface area contributed by atoms with E-state index in [4.69, 9.17) is 5.26 Å². The smallest absolute Gasteiger partial charge is 0.270 e. The van der Waals surface area contributed by atoms with E-state index in [1.807, 2.05) is 35.2 Å². The van der Waals surface area contributed by atoms with Crippen molar-refractivity contribution in [3.8, 4) is 6.07 Å². The molecule has 6 nitrogen and oxygen atoms in total. The number of carbonyl (C=O) groups is 2. The van der Waals surface area contributed by atoms with Crippen molar-refractivity contribution in [2.45, 2.75) is 12.8 Å². The molecule has 1 fully saturated rings. The summed E-state index contributed by atoms with van der Waals surface area (Å²) in [5.74, 6) is 0.00231. The molecule has 1 aromatic heterocycles. The van der Waals surface area contributed by atoms with E-state index in [0.717, 1.165) is 12.0 Å². The fourth-order valence-electron chi connectivity index (χ4n) is 3.25. The van der Waals surface area contributed by atoms with Crippen LogP contribution in [0.4, 0.5) is 0 Å². The van der Waals surface area contributed by atoms with Gasteiger partial charge in [-0.2, -0.15) is 5.26 Å². The fourth-order valence-corrected chi connectivity index (χ4v) is 3.25. The van der Waals surface area contributed by atoms with E-state index in [1.165, 1.54) is 0 Å². The number of nitrogens with zero attached hydrogens (tertiary/aromatic N) is 4. The number of nitriles is 1. The van der Waals surface area contributed by atoms with E-state index in [1.54, 1.807) is 28.8 Å². The largest absolute Gasteiger partial charge is 0.345 e. The van der Waals surface area contributed by atoms with Crippen LogP contribution >= 0.6 is 0 Å². The van der Waals surface area contributed by atoms with Gasteiger partial charge in [-0.15, -0.1) is 0 Å². The Labute approximate surface area is 153 Å². The molecule has 1 aliphatic rings. The topological polar surface area (TPSA) is 69.3 Å². The average Bonchev–Trinajstić information content (AvgIpc) is 2.87. The van der Waals surface area contributed by atoms with Gasteiger partial charge in [0.05, 0.1) is 12.0 Å². The summed E-state index contributed by atoms with van der Waals surface area (Å²) in [6.45, 7) is 2.31. The van der Waals surface area contributed by atoms with Gasteiger partial charge in [0, 0.05) is 39.4 Å². The second kappa shape index (κ2) is 7.87. The number of carbonyl (C=O) groups excluding carboxylic acids is 2. The molecule has 26 heavy (non-hydrogen) atoms. The van der Waals surface area contributed by atoms with Crippen molar-refractivity contribution in [1.29, 1.82) is 5.26 Å². The van der Waals surface area contributed by atoms with Crippen molar-refractivity contribution in [3.63, 3.8) is 0 Å². The summed E-state index contributed by atoms with van der Waals surface area (Å²) in [5, 5.41) is 9.00. The van der Waals surface area contributed by atoms with Gasteiger partial charge in [-0.1, -0.05) is 30.3 Å². The predicted molar refractivity (Wildman–Crippen MR) is 97.4 cm³/mol. The second-order valence-electron chi connectivity index (χ2n) is 6.53. The van der Waals surface area contributed by atoms with Crippen molar-refractivity contribution >= 4 is 11.8 Å². The molecule has 0 saturated carbocycles. The van der Waals surface area contributed by atoms with Crippen LogP contribution in [0.1, 0.15) is 28.0 Å². The number of benzene rings is 1. The maximum absolute atomic E-state index is 12.8. The molecule has 0 N–H and O–H groups in total. The van der Waals surface area contributed by atoms with Gasteiger partial charge < -0.3 is 14.4 Å². The van der Waals surface area contributed by atoms with E-state index in [2.05, 4.69) is 6.07 Å². The monoisotopic (exact) mass is 350 g/mol. The van der Waals surface area contributed by atoms with Crippen LogP contribution in [0.3, 0.4) is 0 Å². The summed E-state index contributed by atoms with van der Waals surface area (Å²) in [4.78, 5) is 28.9. The highest BCUT2D eigenvalue weighted by Gasteiger charge is 2.24. The van der Waals surface area contributed by atoms with Gasteiger partial charge in [-0.3, -0.25) is 9.59 Å². The molecular formula is C20H22N4O2. The van der Waals surface area contributed by atoms with Crippen LogP contribution in [0.2, 0.25) is 0 Å². The van der Waals surface area contributed by atoms with Crippen LogP contribution < -0.4 is 0 Å². The van der Waals surface area contributed by atoms with Crippen LogP contribution in [-0.2, 0) is 18.3 Å². The Hall–Kier alpha value is -3.07. The number of aryl methyl sites for hydroxylation is 1. The van der Waals surface area contributed by atoms with Crippen LogP contribution in [0.5, 0.6) is 0 Å². The van der Waals surface area contributed by atoms with Crippen molar-refractivity contribution in [1.82, 2.24) is 14.4 Å². The van der Waals surface area contributed by atoms with Gasteiger partial charge in [-0.25, -0.2) is 0 Å². The molecule has 0 unspecified atom stereocenters. The summed E-state index contributed by atoms with van der Waals surface area (Å²) in [6, 6.07) is 13.4. The quantitative estimate of drug-likeness (QED) is 0.848. The van der Waals surface area contributed by atoms with Gasteiger partial charge in [0.2, 0.25) is 5.91 Å². The lowest BCUT2D eigenvalue weighted by Crippen LogP contribution is -2.38. The Bertz CT molecular complexity index is 835. The zero-order valence-electron chi connectivity index (χ0n) is 14.9. The molecule has 2 aromatic rings. The van der Waals surface area contributed by atoms with Gasteiger partial charge >= 0.3 is 0 Å². The Morgan fingerprint density at radius 3 is 2.46 bits per heavy atom. The third kappa shape index (κ3) is 3.94. The van der Waals surface area contributed by atoms with E-state index in [0.29, 0.717) is 43.9 Å². The number of amides is 2. The molecule has 2 amide bonds. The Balaban J connectivity index is 1.62. The number of hydrogen-bond donors (Lipinski definition) is 0. The molecule has 2 heterocycles. The first-order valence-corrected chi connectivity index (χ1v) is 8.76. The molecule has 0 spiro atoms. The van der Waals surface area contributed by atoms with Crippen LogP contribution in [0, 0.1) is 11.3 Å². The Kier molecular flexibility index (Phi) is 5.37. The highest BCUT2D eigenvalue weighted by atomic mass is 16.2. The Morgan fingerprint density at radius 2 is 1.77 bits per heavy atom. The third-order valence-corrected chi connectivity index (χ3v) is 4.69. The van der Waals surface area contributed by atoms with Gasteiger partial charge in [0.15, 0.2) is 0 Å². The maximum atomic E-state index is 12.8. The molecule has 1 saturated heterocycles. The zero-order chi connectivity index (χ0) is 18.5. The van der Waals surface area contributed by atoms with Crippen LogP contribution in [0.15, 0.2) is 42.6 Å². The number of hydrogen-bond acceptors (Lipinski definition) is 3. The van der Waals surface area contributed by atoms with Gasteiger partial charge in [0.25, 0.3) is 5.91 Å². The summed E-state index contributed by atoms with van der Waals surface area (Å²) in [6.07, 6.45) is 2.79. The van der Waals surface area contributed by atoms with Crippen LogP contribution in [-0.4, -0.2) is 52.4 Å². The lowest BCUT2D eigenvalue weighted by atomic mass is 10.1. The van der Waals surface area contributed by atoms with E-state index in [-0.39, 0.29) is 11.8 Å². The van der Waals surface area contributed by atoms with Crippen LogP contribution in [0.25, 0.3) is 0 Å². The first-order chi connectivity index (χ1) is 12.6. The third-order valence-electron chi connectivity index (χ3n) is 4.69. The molecule has 0 atom stereocenters. The average molecular weight is 350 g/mol. The second-order valence-corrected chi connectivity index (χ2v) is 6.53. The van der Waals surface area contributed by atoms with Crippen molar-refractivity contribution < 1.29 is 9.59 Å². The van der Waals surface area contributed by atoms with Crippen molar-refractivity contribution in [2.24, 2.45) is 7.05 Å². The zero-order valence-corrected chi connectivity index (χ0v) is 14.9. The molecule has 134 valence electrons. The lowest BCUT2D eigenvalue weighted by Gasteiger charge is -2.22. The van der Waals surface area contributed by atoms with Gasteiger partial charge in [0.1, 0.15) is 11.8 Å². The minimum atomic E-state index is -0.0913. The lowest BCUT2D eigenvalue weighted by molar-refractivity contribution is -0.130. The maximum Gasteiger partial charge on any atom is 0.270 e. The molecule has 3 rings (SSSR count). The predicted octanol–water partition coefficient (Wildman–Crippen LogP) is 1.81. The Morgan fingerprint density at radius 1 is 1.08 bits per heavy atom. The SMILES string of the molecule is Cn1cc(C#N)cc1C(=O)N1CCCN(C(=O)Cc2ccccc2)CC1. The summed E-state index contributed by atoms with van der Waals surface area (Å²) in [5.41, 5.74) is 1.98. The highest BCUT2D eigenvalue weighted by molar-refractivity contribution is 5.93. The highest BCUT2D eigenvalue weighted by Crippen LogP contribution is 2.13. The van der Waals surface area contributed by atoms with Gasteiger partial charge in [-0.05, 0) is 18.1 Å². The minimum Gasteiger partial charge on any atom is -0.345 e. The summed E-state index contributed by atoms with van der Waals surface area (Å²) < 4.78 is 1.68. The van der Waals surface area contributed by atoms with Crippen molar-refractivity contribution in [3.05, 3.63) is 59.4 Å². The summed E-state index contributed by atoms with van der Waals surface area (Å²) >= 11 is 0. The number of aromatic nitrogens is 1. The normalized spacial score (nSPS) is 14.6. The van der Waals surface area contributed by atoms with E-state index < -0.39 is 0 Å². The van der Waals surface area contributed by atoms with E-state index >= 15 is 0 Å². The standard InChI is InChI=1S/C20H22N4O2/c1-22-15-17(14-21)12-18(22)20(26)24-9-5-8-23(10-11-24)19(25)13-16-6-3-2-4-7-16/h2-4,6-7,12,15H,5,8-11,13H2,1H3. The molecular weight excluding hydrogens is 328 g/mol. The molecule has 0 radical (unpaired) electrons. The first-order valence-electron chi connectivity index (χ1n) is 8.76. The van der Waals surface area contributed by atoms with E-state index in [9.17, 15) is 9.59 Å². The molecule has 1 aromatic carbocycles. The fraction of sp³-hybridized carbons (Fsp3) is 0.350. The summed E-state index contributed by atoms with van der Waals surface area (Å²) in [7, 11) is 1.77. The number of rotatable bonds is 3. The minimum absolute atomic E-state index is 0.0913. The molecule has 0 aliphatic carbocycles. The molecule has 0 bridgehead atoms. The first kappa shape index (κ1) is 17.7. The van der Waals surface area contributed by atoms with Crippen molar-refractivity contribution in [2.75, 3.05) is 26.2 Å². The molecule has 1 aliphatic heterocycles.